The van der Waals surface area contributed by atoms with Crippen molar-refractivity contribution in [2.24, 2.45) is 11.8 Å². The number of nitrogens with one attached hydrogen (secondary N) is 1. The summed E-state index contributed by atoms with van der Waals surface area (Å²) in [6.45, 7) is 5.32. The van der Waals surface area contributed by atoms with E-state index in [9.17, 15) is 5.11 Å². The molecule has 0 saturated heterocycles. The van der Waals surface area contributed by atoms with Crippen LogP contribution in [0.2, 0.25) is 0 Å². The molecule has 2 N–H and O–H groups in total. The third-order valence-corrected chi connectivity index (χ3v) is 4.47. The number of β-amino-alcohol motifs (C(OH)–C–C–N with tert-alkyl or cyclic N) is 1. The topological polar surface area (TPSA) is 32.3 Å². The van der Waals surface area contributed by atoms with E-state index in [-0.39, 0.29) is 11.6 Å². The number of hydrogen-bond donors (Lipinski definition) is 2. The molecule has 94 valence electrons. The lowest BCUT2D eigenvalue weighted by atomic mass is 9.96. The predicted octanol–water partition coefficient (Wildman–Crippen LogP) is 2.71. The molecule has 0 bridgehead atoms. The Hall–Kier alpha value is -0.0800. The van der Waals surface area contributed by atoms with Crippen LogP contribution in [-0.4, -0.2) is 23.3 Å². The number of hydrogen-bond acceptors (Lipinski definition) is 2. The minimum atomic E-state index is -0.138. The van der Waals surface area contributed by atoms with Crippen LogP contribution in [0.1, 0.15) is 58.8 Å². The molecule has 2 rings (SSSR count). The zero-order valence-electron chi connectivity index (χ0n) is 10.8. The Morgan fingerprint density at radius 3 is 2.38 bits per heavy atom. The van der Waals surface area contributed by atoms with Gasteiger partial charge >= 0.3 is 0 Å². The van der Waals surface area contributed by atoms with Crippen molar-refractivity contribution in [3.63, 3.8) is 0 Å². The normalized spacial score (nSPS) is 24.9. The van der Waals surface area contributed by atoms with Crippen molar-refractivity contribution in [2.75, 3.05) is 6.54 Å². The summed E-state index contributed by atoms with van der Waals surface area (Å²) in [6.07, 6.45) is 9.01. The molecular formula is C14H27NO. The van der Waals surface area contributed by atoms with Crippen LogP contribution >= 0.6 is 0 Å². The Morgan fingerprint density at radius 1 is 1.19 bits per heavy atom. The van der Waals surface area contributed by atoms with Crippen LogP contribution in [0.3, 0.4) is 0 Å². The number of aliphatic hydroxyl groups is 1. The Labute approximate surface area is 99.8 Å². The van der Waals surface area contributed by atoms with Crippen LogP contribution in [0.15, 0.2) is 0 Å². The van der Waals surface area contributed by atoms with Gasteiger partial charge < -0.3 is 10.4 Å². The zero-order chi connectivity index (χ0) is 11.6. The van der Waals surface area contributed by atoms with Crippen LogP contribution in [-0.2, 0) is 0 Å². The van der Waals surface area contributed by atoms with Crippen LogP contribution < -0.4 is 5.32 Å². The fraction of sp³-hybridized carbons (Fsp3) is 1.00. The van der Waals surface area contributed by atoms with E-state index >= 15 is 0 Å². The summed E-state index contributed by atoms with van der Waals surface area (Å²) >= 11 is 0. The van der Waals surface area contributed by atoms with Gasteiger partial charge in [-0.2, -0.15) is 0 Å². The molecule has 0 radical (unpaired) electrons. The second kappa shape index (κ2) is 5.05. The number of aliphatic hydroxyl groups excluding tert-OH is 1. The highest BCUT2D eigenvalue weighted by atomic mass is 16.3. The van der Waals surface area contributed by atoms with Crippen LogP contribution in [0, 0.1) is 11.8 Å². The summed E-state index contributed by atoms with van der Waals surface area (Å²) in [5.74, 6) is 1.63. The quantitative estimate of drug-likeness (QED) is 0.728. The Morgan fingerprint density at radius 2 is 1.81 bits per heavy atom. The molecule has 16 heavy (non-hydrogen) atoms. The monoisotopic (exact) mass is 225 g/mol. The molecule has 0 aromatic carbocycles. The average Bonchev–Trinajstić information content (AvgIpc) is 2.98. The molecule has 0 aromatic heterocycles. The highest BCUT2D eigenvalue weighted by molar-refractivity contribution is 4.94. The van der Waals surface area contributed by atoms with Crippen molar-refractivity contribution in [1.29, 1.82) is 0 Å². The highest BCUT2D eigenvalue weighted by Gasteiger charge is 2.37. The summed E-state index contributed by atoms with van der Waals surface area (Å²) < 4.78 is 0. The molecule has 0 spiro atoms. The predicted molar refractivity (Wildman–Crippen MR) is 67.4 cm³/mol. The largest absolute Gasteiger partial charge is 0.392 e. The first-order valence-electron chi connectivity index (χ1n) is 7.01. The van der Waals surface area contributed by atoms with E-state index in [2.05, 4.69) is 19.2 Å². The maximum absolute atomic E-state index is 10.0. The smallest absolute Gasteiger partial charge is 0.0667 e. The molecule has 0 amide bonds. The fourth-order valence-corrected chi connectivity index (χ4v) is 3.04. The van der Waals surface area contributed by atoms with Gasteiger partial charge in [0.25, 0.3) is 0 Å². The van der Waals surface area contributed by atoms with Crippen molar-refractivity contribution in [2.45, 2.75) is 70.4 Å². The average molecular weight is 225 g/mol. The Balaban J connectivity index is 1.64. The highest BCUT2D eigenvalue weighted by Crippen LogP contribution is 2.39. The van der Waals surface area contributed by atoms with E-state index in [4.69, 9.17) is 0 Å². The molecule has 0 heterocycles. The third kappa shape index (κ3) is 3.46. The molecule has 1 atom stereocenters. The maximum Gasteiger partial charge on any atom is 0.0667 e. The molecule has 0 aromatic rings. The van der Waals surface area contributed by atoms with E-state index in [1.54, 1.807) is 0 Å². The lowest BCUT2D eigenvalue weighted by Crippen LogP contribution is -2.45. The maximum atomic E-state index is 10.0. The molecule has 2 nitrogen and oxygen atoms in total. The van der Waals surface area contributed by atoms with Gasteiger partial charge in [-0.1, -0.05) is 25.7 Å². The summed E-state index contributed by atoms with van der Waals surface area (Å²) in [5.41, 5.74) is 0.233. The molecule has 2 fully saturated rings. The van der Waals surface area contributed by atoms with Gasteiger partial charge in [0.1, 0.15) is 0 Å². The van der Waals surface area contributed by atoms with Crippen molar-refractivity contribution in [3.8, 4) is 0 Å². The van der Waals surface area contributed by atoms with Crippen molar-refractivity contribution in [3.05, 3.63) is 0 Å². The third-order valence-electron chi connectivity index (χ3n) is 4.47. The minimum absolute atomic E-state index is 0.138. The molecule has 2 aliphatic carbocycles. The van der Waals surface area contributed by atoms with E-state index in [1.165, 1.54) is 38.5 Å². The van der Waals surface area contributed by atoms with E-state index in [1.807, 2.05) is 0 Å². The fourth-order valence-electron chi connectivity index (χ4n) is 3.04. The molecule has 1 unspecified atom stereocenters. The van der Waals surface area contributed by atoms with Crippen molar-refractivity contribution < 1.29 is 5.11 Å². The van der Waals surface area contributed by atoms with E-state index in [0.29, 0.717) is 0 Å². The first-order chi connectivity index (χ1) is 7.58. The van der Waals surface area contributed by atoms with Gasteiger partial charge in [0, 0.05) is 12.1 Å². The first-order valence-corrected chi connectivity index (χ1v) is 7.01. The van der Waals surface area contributed by atoms with Gasteiger partial charge in [0.2, 0.25) is 0 Å². The molecule has 0 aliphatic heterocycles. The lowest BCUT2D eigenvalue weighted by Gasteiger charge is -2.28. The van der Waals surface area contributed by atoms with Gasteiger partial charge in [0.15, 0.2) is 0 Å². The van der Waals surface area contributed by atoms with Gasteiger partial charge in [-0.15, -0.1) is 0 Å². The van der Waals surface area contributed by atoms with E-state index < -0.39 is 0 Å². The Bertz CT molecular complexity index is 217. The number of rotatable bonds is 6. The first kappa shape index (κ1) is 12.4. The molecule has 2 aliphatic rings. The lowest BCUT2D eigenvalue weighted by molar-refractivity contribution is 0.127. The summed E-state index contributed by atoms with van der Waals surface area (Å²) in [5, 5.41) is 13.6. The summed E-state index contributed by atoms with van der Waals surface area (Å²) in [6, 6.07) is 0. The second-order valence-corrected chi connectivity index (χ2v) is 6.42. The van der Waals surface area contributed by atoms with E-state index in [0.717, 1.165) is 24.8 Å². The Kier molecular flexibility index (Phi) is 3.91. The SMILES string of the molecule is CC(C)(NCC(O)CC1CCCC1)C1CC1. The minimum Gasteiger partial charge on any atom is -0.392 e. The van der Waals surface area contributed by atoms with Gasteiger partial charge in [-0.05, 0) is 44.9 Å². The van der Waals surface area contributed by atoms with Crippen LogP contribution in [0.25, 0.3) is 0 Å². The standard InChI is InChI=1S/C14H27NO/c1-14(2,12-7-8-12)15-10-13(16)9-11-5-3-4-6-11/h11-13,15-16H,3-10H2,1-2H3. The molecule has 2 heteroatoms. The van der Waals surface area contributed by atoms with Crippen LogP contribution in [0.5, 0.6) is 0 Å². The van der Waals surface area contributed by atoms with Gasteiger partial charge in [0.05, 0.1) is 6.10 Å². The van der Waals surface area contributed by atoms with Gasteiger partial charge in [-0.3, -0.25) is 0 Å². The van der Waals surface area contributed by atoms with Crippen molar-refractivity contribution >= 4 is 0 Å². The summed E-state index contributed by atoms with van der Waals surface area (Å²) in [7, 11) is 0. The summed E-state index contributed by atoms with van der Waals surface area (Å²) in [4.78, 5) is 0. The van der Waals surface area contributed by atoms with Gasteiger partial charge in [-0.25, -0.2) is 0 Å². The van der Waals surface area contributed by atoms with Crippen LogP contribution in [0.4, 0.5) is 0 Å². The van der Waals surface area contributed by atoms with Crippen molar-refractivity contribution in [1.82, 2.24) is 5.32 Å². The second-order valence-electron chi connectivity index (χ2n) is 6.42. The zero-order valence-corrected chi connectivity index (χ0v) is 10.8. The molecular weight excluding hydrogens is 198 g/mol. The molecule has 2 saturated carbocycles.